The van der Waals surface area contributed by atoms with Crippen LogP contribution in [0.5, 0.6) is 5.75 Å². The number of thiazole rings is 1. The number of benzene rings is 1. The van der Waals surface area contributed by atoms with E-state index in [1.807, 2.05) is 19.2 Å². The van der Waals surface area contributed by atoms with Crippen molar-refractivity contribution in [1.82, 2.24) is 15.2 Å². The Kier molecular flexibility index (Phi) is 6.55. The molecule has 0 unspecified atom stereocenters. The highest BCUT2D eigenvalue weighted by Crippen LogP contribution is 2.20. The summed E-state index contributed by atoms with van der Waals surface area (Å²) in [5, 5.41) is 4.65. The molecule has 7 heteroatoms. The normalized spacial score (nSPS) is 15.2. The zero-order valence-electron chi connectivity index (χ0n) is 16.7. The molecule has 6 nitrogen and oxygen atoms in total. The Morgan fingerprint density at radius 1 is 1.19 bits per heavy atom. The smallest absolute Gasteiger partial charge is 0.193 e. The predicted molar refractivity (Wildman–Crippen MR) is 113 cm³/mol. The van der Waals surface area contributed by atoms with Crippen LogP contribution in [0, 0.1) is 13.8 Å². The molecule has 0 radical (unpaired) electrons. The van der Waals surface area contributed by atoms with Gasteiger partial charge in [0.2, 0.25) is 0 Å². The van der Waals surface area contributed by atoms with E-state index >= 15 is 0 Å². The maximum atomic E-state index is 5.24. The molecule has 27 heavy (non-hydrogen) atoms. The summed E-state index contributed by atoms with van der Waals surface area (Å²) < 4.78 is 5.24. The number of hydrogen-bond acceptors (Lipinski definition) is 5. The number of rotatable bonds is 5. The van der Waals surface area contributed by atoms with Gasteiger partial charge in [-0.2, -0.15) is 0 Å². The van der Waals surface area contributed by atoms with E-state index in [-0.39, 0.29) is 0 Å². The SMILES string of the molecule is CN=C(NCCc1sc(C)nc1C)N1CCN(c2ccc(OC)cc2)CC1. The Morgan fingerprint density at radius 3 is 2.44 bits per heavy atom. The van der Waals surface area contributed by atoms with Crippen LogP contribution in [0.1, 0.15) is 15.6 Å². The lowest BCUT2D eigenvalue weighted by Crippen LogP contribution is -2.52. The number of aryl methyl sites for hydroxylation is 2. The monoisotopic (exact) mass is 387 g/mol. The molecule has 0 aliphatic carbocycles. The molecule has 146 valence electrons. The number of methoxy groups -OCH3 is 1. The molecule has 2 heterocycles. The van der Waals surface area contributed by atoms with Gasteiger partial charge in [-0.05, 0) is 38.1 Å². The standard InChI is InChI=1S/C20H29N5OS/c1-15-19(27-16(2)23-15)9-10-22-20(21-3)25-13-11-24(12-14-25)17-5-7-18(26-4)8-6-17/h5-8H,9-14H2,1-4H3,(H,21,22). The number of piperazine rings is 1. The number of anilines is 1. The summed E-state index contributed by atoms with van der Waals surface area (Å²) in [6, 6.07) is 8.29. The van der Waals surface area contributed by atoms with Gasteiger partial charge in [0.1, 0.15) is 5.75 Å². The first-order valence-electron chi connectivity index (χ1n) is 9.38. The van der Waals surface area contributed by atoms with Crippen LogP contribution < -0.4 is 15.0 Å². The fourth-order valence-corrected chi connectivity index (χ4v) is 4.33. The quantitative estimate of drug-likeness (QED) is 0.632. The first-order valence-corrected chi connectivity index (χ1v) is 10.2. The van der Waals surface area contributed by atoms with E-state index in [0.717, 1.165) is 61.6 Å². The minimum Gasteiger partial charge on any atom is -0.497 e. The average molecular weight is 388 g/mol. The Morgan fingerprint density at radius 2 is 1.89 bits per heavy atom. The van der Waals surface area contributed by atoms with Gasteiger partial charge in [-0.15, -0.1) is 11.3 Å². The van der Waals surface area contributed by atoms with E-state index < -0.39 is 0 Å². The molecule has 0 spiro atoms. The van der Waals surface area contributed by atoms with Gasteiger partial charge >= 0.3 is 0 Å². The first-order chi connectivity index (χ1) is 13.1. The highest BCUT2D eigenvalue weighted by molar-refractivity contribution is 7.11. The van der Waals surface area contributed by atoms with Crippen molar-refractivity contribution in [3.8, 4) is 5.75 Å². The molecule has 1 aromatic carbocycles. The lowest BCUT2D eigenvalue weighted by Gasteiger charge is -2.37. The lowest BCUT2D eigenvalue weighted by atomic mass is 10.2. The van der Waals surface area contributed by atoms with Gasteiger partial charge in [-0.3, -0.25) is 4.99 Å². The van der Waals surface area contributed by atoms with Gasteiger partial charge in [0, 0.05) is 56.8 Å². The van der Waals surface area contributed by atoms with E-state index in [2.05, 4.69) is 51.1 Å². The van der Waals surface area contributed by atoms with Crippen molar-refractivity contribution >= 4 is 23.0 Å². The van der Waals surface area contributed by atoms with Crippen LogP contribution in [-0.2, 0) is 6.42 Å². The highest BCUT2D eigenvalue weighted by atomic mass is 32.1. The van der Waals surface area contributed by atoms with Crippen molar-refractivity contribution in [2.45, 2.75) is 20.3 Å². The van der Waals surface area contributed by atoms with Crippen LogP contribution in [0.4, 0.5) is 5.69 Å². The van der Waals surface area contributed by atoms with Crippen LogP contribution in [0.15, 0.2) is 29.3 Å². The minimum absolute atomic E-state index is 0.883. The van der Waals surface area contributed by atoms with Crippen molar-refractivity contribution in [2.24, 2.45) is 4.99 Å². The van der Waals surface area contributed by atoms with E-state index in [1.165, 1.54) is 10.6 Å². The molecule has 1 aromatic heterocycles. The van der Waals surface area contributed by atoms with Gasteiger partial charge in [0.05, 0.1) is 17.8 Å². The number of ether oxygens (including phenoxy) is 1. The van der Waals surface area contributed by atoms with Crippen molar-refractivity contribution < 1.29 is 4.74 Å². The minimum atomic E-state index is 0.883. The van der Waals surface area contributed by atoms with Crippen LogP contribution in [0.3, 0.4) is 0 Å². The Bertz CT molecular complexity index is 763. The zero-order chi connectivity index (χ0) is 19.2. The Balaban J connectivity index is 1.48. The van der Waals surface area contributed by atoms with E-state index in [9.17, 15) is 0 Å². The second-order valence-electron chi connectivity index (χ2n) is 6.64. The second-order valence-corrected chi connectivity index (χ2v) is 7.93. The average Bonchev–Trinajstić information content (AvgIpc) is 3.02. The topological polar surface area (TPSA) is 53.0 Å². The highest BCUT2D eigenvalue weighted by Gasteiger charge is 2.19. The van der Waals surface area contributed by atoms with Crippen molar-refractivity contribution in [1.29, 1.82) is 0 Å². The summed E-state index contributed by atoms with van der Waals surface area (Å²) in [5.41, 5.74) is 2.40. The molecule has 1 aliphatic heterocycles. The summed E-state index contributed by atoms with van der Waals surface area (Å²) in [4.78, 5) is 15.1. The van der Waals surface area contributed by atoms with Crippen LogP contribution in [0.25, 0.3) is 0 Å². The zero-order valence-corrected chi connectivity index (χ0v) is 17.5. The van der Waals surface area contributed by atoms with E-state index in [1.54, 1.807) is 18.4 Å². The molecular weight excluding hydrogens is 358 g/mol. The van der Waals surface area contributed by atoms with Gasteiger partial charge in [-0.25, -0.2) is 4.98 Å². The Labute approximate surface area is 165 Å². The maximum Gasteiger partial charge on any atom is 0.193 e. The molecule has 1 fully saturated rings. The molecule has 0 bridgehead atoms. The third-order valence-electron chi connectivity index (χ3n) is 4.86. The van der Waals surface area contributed by atoms with Gasteiger partial charge in [-0.1, -0.05) is 0 Å². The van der Waals surface area contributed by atoms with Crippen LogP contribution in [-0.4, -0.2) is 62.7 Å². The van der Waals surface area contributed by atoms with Crippen LogP contribution in [0.2, 0.25) is 0 Å². The van der Waals surface area contributed by atoms with Gasteiger partial charge in [0.15, 0.2) is 5.96 Å². The molecular formula is C20H29N5OS. The predicted octanol–water partition coefficient (Wildman–Crippen LogP) is 2.71. The fraction of sp³-hybridized carbons (Fsp3) is 0.500. The summed E-state index contributed by atoms with van der Waals surface area (Å²) >= 11 is 1.79. The fourth-order valence-electron chi connectivity index (χ4n) is 3.40. The number of nitrogens with zero attached hydrogens (tertiary/aromatic N) is 4. The summed E-state index contributed by atoms with van der Waals surface area (Å²) in [6.07, 6.45) is 0.988. The van der Waals surface area contributed by atoms with Crippen molar-refractivity contribution in [2.75, 3.05) is 51.8 Å². The summed E-state index contributed by atoms with van der Waals surface area (Å²) in [5.74, 6) is 1.89. The molecule has 0 atom stereocenters. The summed E-state index contributed by atoms with van der Waals surface area (Å²) in [7, 11) is 3.56. The first kappa shape index (κ1) is 19.5. The maximum absolute atomic E-state index is 5.24. The number of nitrogens with one attached hydrogen (secondary N) is 1. The third kappa shape index (κ3) is 4.91. The van der Waals surface area contributed by atoms with Crippen molar-refractivity contribution in [3.05, 3.63) is 39.8 Å². The van der Waals surface area contributed by atoms with E-state index in [4.69, 9.17) is 4.74 Å². The molecule has 2 aromatic rings. The number of hydrogen-bond donors (Lipinski definition) is 1. The number of aromatic nitrogens is 1. The lowest BCUT2D eigenvalue weighted by molar-refractivity contribution is 0.373. The molecule has 1 aliphatic rings. The van der Waals surface area contributed by atoms with E-state index in [0.29, 0.717) is 0 Å². The molecule has 3 rings (SSSR count). The third-order valence-corrected chi connectivity index (χ3v) is 6.00. The molecule has 0 saturated carbocycles. The van der Waals surface area contributed by atoms with Crippen LogP contribution >= 0.6 is 11.3 Å². The Hall–Kier alpha value is -2.28. The number of aliphatic imine (C=N–C) groups is 1. The molecule has 1 N–H and O–H groups in total. The van der Waals surface area contributed by atoms with Crippen molar-refractivity contribution in [3.63, 3.8) is 0 Å². The van der Waals surface area contributed by atoms with Gasteiger partial charge in [0.25, 0.3) is 0 Å². The second kappa shape index (κ2) is 9.08. The number of guanidine groups is 1. The largest absolute Gasteiger partial charge is 0.497 e. The summed E-state index contributed by atoms with van der Waals surface area (Å²) in [6.45, 7) is 8.94. The molecule has 0 amide bonds. The van der Waals surface area contributed by atoms with Gasteiger partial charge < -0.3 is 19.9 Å². The molecule has 1 saturated heterocycles.